The van der Waals surface area contributed by atoms with Crippen molar-refractivity contribution < 1.29 is 4.79 Å². The van der Waals surface area contributed by atoms with Gasteiger partial charge in [0.1, 0.15) is 6.54 Å². The number of carbonyl (C=O) groups is 1. The Morgan fingerprint density at radius 2 is 2.39 bits per heavy atom. The fraction of sp³-hybridized carbons (Fsp3) is 0.364. The fourth-order valence-electron chi connectivity index (χ4n) is 1.60. The van der Waals surface area contributed by atoms with Crippen LogP contribution < -0.4 is 0 Å². The van der Waals surface area contributed by atoms with Crippen molar-refractivity contribution in [2.24, 2.45) is 0 Å². The van der Waals surface area contributed by atoms with Crippen molar-refractivity contribution in [2.75, 3.05) is 13.6 Å². The normalized spacial score (nSPS) is 10.8. The van der Waals surface area contributed by atoms with Crippen LogP contribution in [-0.4, -0.2) is 38.9 Å². The lowest BCUT2D eigenvalue weighted by atomic mass is 10.4. The second-order valence-corrected chi connectivity index (χ2v) is 5.25. The summed E-state index contributed by atoms with van der Waals surface area (Å²) in [6.07, 6.45) is 1.69. The maximum atomic E-state index is 11.9. The molecule has 0 aliphatic carbocycles. The maximum absolute atomic E-state index is 11.9. The minimum absolute atomic E-state index is 0.0132. The van der Waals surface area contributed by atoms with Crippen molar-refractivity contribution in [1.82, 2.24) is 19.4 Å². The van der Waals surface area contributed by atoms with Gasteiger partial charge in [0.05, 0.1) is 5.52 Å². The second-order valence-electron chi connectivity index (χ2n) is 3.95. The van der Waals surface area contributed by atoms with Crippen LogP contribution in [0.4, 0.5) is 0 Å². The van der Waals surface area contributed by atoms with Crippen molar-refractivity contribution in [3.8, 4) is 0 Å². The van der Waals surface area contributed by atoms with E-state index in [-0.39, 0.29) is 12.5 Å². The number of amides is 1. The molecule has 7 heteroatoms. The molecule has 96 valence electrons. The Morgan fingerprint density at radius 1 is 1.67 bits per heavy atom. The van der Waals surface area contributed by atoms with Crippen molar-refractivity contribution in [3.63, 3.8) is 0 Å². The summed E-state index contributed by atoms with van der Waals surface area (Å²) >= 11 is 8.57. The summed E-state index contributed by atoms with van der Waals surface area (Å²) in [5.74, 6) is 0.0132. The molecule has 5 nitrogen and oxygen atoms in total. The van der Waals surface area contributed by atoms with Crippen LogP contribution in [-0.2, 0) is 11.3 Å². The largest absolute Gasteiger partial charge is 0.344 e. The number of imidazole rings is 1. The van der Waals surface area contributed by atoms with Crippen LogP contribution in [0.5, 0.6) is 0 Å². The molecule has 0 aliphatic heterocycles. The van der Waals surface area contributed by atoms with Crippen LogP contribution in [0.3, 0.4) is 0 Å². The molecule has 0 fully saturated rings. The van der Waals surface area contributed by atoms with Gasteiger partial charge in [-0.1, -0.05) is 0 Å². The van der Waals surface area contributed by atoms with Gasteiger partial charge >= 0.3 is 0 Å². The van der Waals surface area contributed by atoms with Gasteiger partial charge in [-0.25, -0.2) is 4.98 Å². The Morgan fingerprint density at radius 3 is 3.06 bits per heavy atom. The summed E-state index contributed by atoms with van der Waals surface area (Å²) in [4.78, 5) is 20.9. The number of hydrogen-bond acceptors (Lipinski definition) is 3. The first-order valence-electron chi connectivity index (χ1n) is 5.51. The van der Waals surface area contributed by atoms with Gasteiger partial charge in [-0.05, 0) is 41.1 Å². The molecule has 2 heterocycles. The molecule has 2 rings (SSSR count). The van der Waals surface area contributed by atoms with Gasteiger partial charge in [-0.3, -0.25) is 9.36 Å². The lowest BCUT2D eigenvalue weighted by Crippen LogP contribution is -2.29. The van der Waals surface area contributed by atoms with Crippen LogP contribution in [0, 0.1) is 4.77 Å². The molecule has 0 spiro atoms. The molecule has 0 saturated carbocycles. The van der Waals surface area contributed by atoms with E-state index in [1.165, 1.54) is 0 Å². The van der Waals surface area contributed by atoms with E-state index in [1.807, 2.05) is 13.0 Å². The number of nitrogens with zero attached hydrogens (tertiary/aromatic N) is 3. The molecular formula is C11H13BrN4OS. The molecule has 0 aromatic carbocycles. The third kappa shape index (κ3) is 2.46. The molecule has 0 bridgehead atoms. The molecule has 2 aromatic rings. The Kier molecular flexibility index (Phi) is 3.82. The van der Waals surface area contributed by atoms with Crippen LogP contribution in [0.25, 0.3) is 11.2 Å². The summed E-state index contributed by atoms with van der Waals surface area (Å²) in [6, 6.07) is 1.89. The molecule has 0 unspecified atom stereocenters. The van der Waals surface area contributed by atoms with Crippen LogP contribution in [0.2, 0.25) is 0 Å². The van der Waals surface area contributed by atoms with Crippen LogP contribution >= 0.6 is 28.1 Å². The lowest BCUT2D eigenvalue weighted by molar-refractivity contribution is -0.130. The molecule has 1 N–H and O–H groups in total. The smallest absolute Gasteiger partial charge is 0.242 e. The highest BCUT2D eigenvalue weighted by Crippen LogP contribution is 2.16. The number of H-pyrrole nitrogens is 1. The Bertz CT molecular complexity index is 648. The molecular weight excluding hydrogens is 316 g/mol. The first-order chi connectivity index (χ1) is 8.52. The first kappa shape index (κ1) is 13.2. The van der Waals surface area contributed by atoms with E-state index in [0.717, 1.165) is 9.99 Å². The lowest BCUT2D eigenvalue weighted by Gasteiger charge is -2.14. The number of hydrogen-bond donors (Lipinski definition) is 1. The van der Waals surface area contributed by atoms with Crippen molar-refractivity contribution in [1.29, 1.82) is 0 Å². The zero-order valence-electron chi connectivity index (χ0n) is 10.1. The topological polar surface area (TPSA) is 53.9 Å². The Labute approximate surface area is 118 Å². The predicted octanol–water partition coefficient (Wildman–Crippen LogP) is 2.33. The summed E-state index contributed by atoms with van der Waals surface area (Å²) in [6.45, 7) is 2.81. The highest BCUT2D eigenvalue weighted by Gasteiger charge is 2.12. The zero-order valence-corrected chi connectivity index (χ0v) is 12.5. The van der Waals surface area contributed by atoms with Crippen LogP contribution in [0.1, 0.15) is 6.92 Å². The number of likely N-dealkylation sites (N-methyl/N-ethyl adjacent to an activating group) is 1. The molecule has 0 saturated heterocycles. The third-order valence-electron chi connectivity index (χ3n) is 2.77. The zero-order chi connectivity index (χ0) is 13.3. The van der Waals surface area contributed by atoms with Crippen molar-refractivity contribution in [3.05, 3.63) is 21.5 Å². The SMILES string of the molecule is CCN(C)C(=O)Cn1c(=S)[nH]c2cc(Br)cnc21. The van der Waals surface area contributed by atoms with Gasteiger partial charge in [-0.15, -0.1) is 0 Å². The summed E-state index contributed by atoms with van der Waals surface area (Å²) in [7, 11) is 1.77. The predicted molar refractivity (Wildman–Crippen MR) is 75.9 cm³/mol. The number of pyridine rings is 1. The number of fused-ring (bicyclic) bond motifs is 1. The summed E-state index contributed by atoms with van der Waals surface area (Å²) in [5, 5.41) is 0. The third-order valence-corrected chi connectivity index (χ3v) is 3.53. The number of carbonyl (C=O) groups excluding carboxylic acids is 1. The van der Waals surface area contributed by atoms with Gasteiger partial charge in [0.25, 0.3) is 0 Å². The van der Waals surface area contributed by atoms with E-state index < -0.39 is 0 Å². The average Bonchev–Trinajstić information content (AvgIpc) is 2.64. The number of halogens is 1. The maximum Gasteiger partial charge on any atom is 0.242 e. The number of rotatable bonds is 3. The average molecular weight is 329 g/mol. The minimum Gasteiger partial charge on any atom is -0.344 e. The van der Waals surface area contributed by atoms with E-state index in [9.17, 15) is 4.79 Å². The van der Waals surface area contributed by atoms with E-state index in [1.54, 1.807) is 22.7 Å². The van der Waals surface area contributed by atoms with Gasteiger partial charge in [0.15, 0.2) is 10.4 Å². The monoisotopic (exact) mass is 328 g/mol. The molecule has 0 atom stereocenters. The fourth-order valence-corrected chi connectivity index (χ4v) is 2.19. The quantitative estimate of drug-likeness (QED) is 0.880. The Balaban J connectivity index is 2.42. The van der Waals surface area contributed by atoms with Crippen molar-refractivity contribution in [2.45, 2.75) is 13.5 Å². The van der Waals surface area contributed by atoms with E-state index in [0.29, 0.717) is 17.0 Å². The number of nitrogens with one attached hydrogen (secondary N) is 1. The number of aromatic amines is 1. The van der Waals surface area contributed by atoms with Gasteiger partial charge in [0, 0.05) is 24.3 Å². The van der Waals surface area contributed by atoms with E-state index in [2.05, 4.69) is 25.9 Å². The summed E-state index contributed by atoms with van der Waals surface area (Å²) in [5.41, 5.74) is 1.52. The highest BCUT2D eigenvalue weighted by molar-refractivity contribution is 9.10. The molecule has 0 radical (unpaired) electrons. The molecule has 1 amide bonds. The van der Waals surface area contributed by atoms with Gasteiger partial charge in [-0.2, -0.15) is 0 Å². The van der Waals surface area contributed by atoms with E-state index >= 15 is 0 Å². The summed E-state index contributed by atoms with van der Waals surface area (Å²) < 4.78 is 3.09. The number of aromatic nitrogens is 3. The van der Waals surface area contributed by atoms with Crippen molar-refractivity contribution >= 4 is 45.2 Å². The second kappa shape index (κ2) is 5.19. The standard InChI is InChI=1S/C11H13BrN4OS/c1-3-15(2)9(17)6-16-10-8(14-11(16)18)4-7(12)5-13-10/h4-5H,3,6H2,1-2H3,(H,14,18). The Hall–Kier alpha value is -1.21. The van der Waals surface area contributed by atoms with E-state index in [4.69, 9.17) is 12.2 Å². The van der Waals surface area contributed by atoms with Gasteiger partial charge in [0.2, 0.25) is 5.91 Å². The molecule has 0 aliphatic rings. The molecule has 18 heavy (non-hydrogen) atoms. The molecule has 2 aromatic heterocycles. The van der Waals surface area contributed by atoms with Crippen LogP contribution in [0.15, 0.2) is 16.7 Å². The highest BCUT2D eigenvalue weighted by atomic mass is 79.9. The van der Waals surface area contributed by atoms with Gasteiger partial charge < -0.3 is 9.88 Å². The minimum atomic E-state index is 0.0132. The first-order valence-corrected chi connectivity index (χ1v) is 6.71.